The number of hydrogen-bond acceptors (Lipinski definition) is 3. The zero-order chi connectivity index (χ0) is 13.1. The van der Waals surface area contributed by atoms with Crippen molar-refractivity contribution in [3.63, 3.8) is 0 Å². The van der Waals surface area contributed by atoms with E-state index in [4.69, 9.17) is 5.73 Å². The van der Waals surface area contributed by atoms with Crippen molar-refractivity contribution in [1.29, 1.82) is 0 Å². The molecule has 2 atom stereocenters. The van der Waals surface area contributed by atoms with Crippen LogP contribution in [0.5, 0.6) is 0 Å². The molecule has 0 aliphatic heterocycles. The van der Waals surface area contributed by atoms with Crippen LogP contribution in [0.1, 0.15) is 20.3 Å². The molecule has 4 N–H and O–H groups in total. The van der Waals surface area contributed by atoms with E-state index in [0.717, 1.165) is 23.0 Å². The molecule has 0 aliphatic rings. The van der Waals surface area contributed by atoms with E-state index in [1.165, 1.54) is 0 Å². The van der Waals surface area contributed by atoms with Gasteiger partial charge in [-0.25, -0.2) is 0 Å². The number of H-pyrrole nitrogens is 1. The number of rotatable bonds is 4. The molecule has 2 rings (SSSR count). The zero-order valence-corrected chi connectivity index (χ0v) is 10.6. The molecule has 0 bridgehead atoms. The molecule has 0 spiro atoms. The summed E-state index contributed by atoms with van der Waals surface area (Å²) in [5.41, 5.74) is 7.57. The van der Waals surface area contributed by atoms with E-state index in [0.29, 0.717) is 0 Å². The van der Waals surface area contributed by atoms with Crippen molar-refractivity contribution in [1.82, 2.24) is 10.2 Å². The minimum atomic E-state index is -0.477. The standard InChI is InChI=1S/C13H18N4O/c1-3-8(2)12(14)13(18)16-10-4-5-11-9(6-10)7-15-17-11/h4-8,12H,3,14H2,1-2H3,(H,15,17)(H,16,18)/t8?,12-/m0/s1. The van der Waals surface area contributed by atoms with Gasteiger partial charge in [0.25, 0.3) is 0 Å². The Hall–Kier alpha value is -1.88. The van der Waals surface area contributed by atoms with Gasteiger partial charge in [0.1, 0.15) is 0 Å². The Kier molecular flexibility index (Phi) is 3.62. The van der Waals surface area contributed by atoms with Crippen molar-refractivity contribution in [2.45, 2.75) is 26.3 Å². The van der Waals surface area contributed by atoms with Gasteiger partial charge in [0.15, 0.2) is 0 Å². The van der Waals surface area contributed by atoms with Gasteiger partial charge in [-0.05, 0) is 24.1 Å². The third-order valence-corrected chi connectivity index (χ3v) is 3.27. The first-order valence-corrected chi connectivity index (χ1v) is 6.11. The summed E-state index contributed by atoms with van der Waals surface area (Å²) in [5.74, 6) is 0.0230. The molecule has 18 heavy (non-hydrogen) atoms. The number of benzene rings is 1. The molecule has 5 heteroatoms. The second-order valence-corrected chi connectivity index (χ2v) is 4.57. The molecule has 1 amide bonds. The van der Waals surface area contributed by atoms with Crippen LogP contribution in [0, 0.1) is 5.92 Å². The maximum atomic E-state index is 11.9. The van der Waals surface area contributed by atoms with Gasteiger partial charge in [-0.15, -0.1) is 0 Å². The van der Waals surface area contributed by atoms with Crippen molar-refractivity contribution in [2.75, 3.05) is 5.32 Å². The molecule has 0 fully saturated rings. The van der Waals surface area contributed by atoms with Crippen LogP contribution in [0.3, 0.4) is 0 Å². The number of anilines is 1. The van der Waals surface area contributed by atoms with Crippen LogP contribution in [-0.2, 0) is 4.79 Å². The molecule has 0 saturated heterocycles. The number of nitrogens with one attached hydrogen (secondary N) is 2. The number of hydrogen-bond donors (Lipinski definition) is 3. The van der Waals surface area contributed by atoms with E-state index in [9.17, 15) is 4.79 Å². The Balaban J connectivity index is 2.10. The molecule has 0 radical (unpaired) electrons. The van der Waals surface area contributed by atoms with Crippen molar-refractivity contribution in [3.8, 4) is 0 Å². The predicted octanol–water partition coefficient (Wildman–Crippen LogP) is 1.87. The highest BCUT2D eigenvalue weighted by atomic mass is 16.2. The van der Waals surface area contributed by atoms with Gasteiger partial charge in [0.2, 0.25) is 5.91 Å². The van der Waals surface area contributed by atoms with Crippen LogP contribution in [-0.4, -0.2) is 22.1 Å². The molecule has 0 saturated carbocycles. The van der Waals surface area contributed by atoms with Crippen molar-refractivity contribution < 1.29 is 4.79 Å². The van der Waals surface area contributed by atoms with Gasteiger partial charge in [-0.3, -0.25) is 9.89 Å². The summed E-state index contributed by atoms with van der Waals surface area (Å²) in [6.45, 7) is 4.00. The first-order chi connectivity index (χ1) is 8.61. The van der Waals surface area contributed by atoms with Gasteiger partial charge < -0.3 is 11.1 Å². The quantitative estimate of drug-likeness (QED) is 0.770. The summed E-state index contributed by atoms with van der Waals surface area (Å²) in [5, 5.41) is 10.6. The number of carbonyl (C=O) groups excluding carboxylic acids is 1. The van der Waals surface area contributed by atoms with Crippen LogP contribution < -0.4 is 11.1 Å². The third kappa shape index (κ3) is 2.51. The lowest BCUT2D eigenvalue weighted by Gasteiger charge is -2.17. The summed E-state index contributed by atoms with van der Waals surface area (Å²) in [7, 11) is 0. The number of aromatic nitrogens is 2. The summed E-state index contributed by atoms with van der Waals surface area (Å²) >= 11 is 0. The lowest BCUT2D eigenvalue weighted by atomic mass is 9.99. The molecule has 1 unspecified atom stereocenters. The lowest BCUT2D eigenvalue weighted by molar-refractivity contribution is -0.118. The number of carbonyl (C=O) groups is 1. The van der Waals surface area contributed by atoms with E-state index in [2.05, 4.69) is 15.5 Å². The topological polar surface area (TPSA) is 83.8 Å². The fourth-order valence-corrected chi connectivity index (χ4v) is 1.76. The largest absolute Gasteiger partial charge is 0.325 e. The average molecular weight is 246 g/mol. The fourth-order valence-electron chi connectivity index (χ4n) is 1.76. The highest BCUT2D eigenvalue weighted by molar-refractivity contribution is 5.96. The molecule has 1 aromatic heterocycles. The normalized spacial score (nSPS) is 14.4. The fraction of sp³-hybridized carbons (Fsp3) is 0.385. The number of fused-ring (bicyclic) bond motifs is 1. The van der Waals surface area contributed by atoms with Crippen LogP contribution in [0.25, 0.3) is 10.9 Å². The Morgan fingerprint density at radius 2 is 2.33 bits per heavy atom. The number of amides is 1. The van der Waals surface area contributed by atoms with Crippen LogP contribution >= 0.6 is 0 Å². The van der Waals surface area contributed by atoms with E-state index >= 15 is 0 Å². The summed E-state index contributed by atoms with van der Waals surface area (Å²) < 4.78 is 0. The maximum Gasteiger partial charge on any atom is 0.241 e. The second kappa shape index (κ2) is 5.18. The molecule has 2 aromatic rings. The Labute approximate surface area is 106 Å². The lowest BCUT2D eigenvalue weighted by Crippen LogP contribution is -2.40. The monoisotopic (exact) mass is 246 g/mol. The summed E-state index contributed by atoms with van der Waals surface area (Å²) in [4.78, 5) is 11.9. The first kappa shape index (κ1) is 12.6. The van der Waals surface area contributed by atoms with Gasteiger partial charge in [0, 0.05) is 11.1 Å². The molecule has 1 aromatic carbocycles. The number of nitrogens with zero attached hydrogens (tertiary/aromatic N) is 1. The molecular formula is C13H18N4O. The molecule has 96 valence electrons. The van der Waals surface area contributed by atoms with E-state index in [1.807, 2.05) is 32.0 Å². The van der Waals surface area contributed by atoms with Crippen LogP contribution in [0.4, 0.5) is 5.69 Å². The van der Waals surface area contributed by atoms with Crippen LogP contribution in [0.2, 0.25) is 0 Å². The van der Waals surface area contributed by atoms with E-state index in [-0.39, 0.29) is 11.8 Å². The van der Waals surface area contributed by atoms with Crippen molar-refractivity contribution in [3.05, 3.63) is 24.4 Å². The van der Waals surface area contributed by atoms with Gasteiger partial charge >= 0.3 is 0 Å². The van der Waals surface area contributed by atoms with Crippen molar-refractivity contribution >= 4 is 22.5 Å². The molecular weight excluding hydrogens is 228 g/mol. The number of nitrogens with two attached hydrogens (primary N) is 1. The minimum Gasteiger partial charge on any atom is -0.325 e. The molecule has 0 aliphatic carbocycles. The Morgan fingerprint density at radius 1 is 1.56 bits per heavy atom. The van der Waals surface area contributed by atoms with E-state index in [1.54, 1.807) is 6.20 Å². The summed E-state index contributed by atoms with van der Waals surface area (Å²) in [6.07, 6.45) is 2.61. The highest BCUT2D eigenvalue weighted by Gasteiger charge is 2.19. The summed E-state index contributed by atoms with van der Waals surface area (Å²) in [6, 6.07) is 5.11. The van der Waals surface area contributed by atoms with Gasteiger partial charge in [0.05, 0.1) is 17.8 Å². The molecule has 5 nitrogen and oxygen atoms in total. The van der Waals surface area contributed by atoms with Crippen molar-refractivity contribution in [2.24, 2.45) is 11.7 Å². The van der Waals surface area contributed by atoms with Crippen LogP contribution in [0.15, 0.2) is 24.4 Å². The highest BCUT2D eigenvalue weighted by Crippen LogP contribution is 2.17. The Bertz CT molecular complexity index is 549. The predicted molar refractivity (Wildman–Crippen MR) is 72.2 cm³/mol. The van der Waals surface area contributed by atoms with Gasteiger partial charge in [-0.2, -0.15) is 5.10 Å². The number of aromatic amines is 1. The van der Waals surface area contributed by atoms with Gasteiger partial charge in [-0.1, -0.05) is 20.3 Å². The van der Waals surface area contributed by atoms with E-state index < -0.39 is 6.04 Å². The molecule has 1 heterocycles. The zero-order valence-electron chi connectivity index (χ0n) is 10.6. The maximum absolute atomic E-state index is 11.9. The second-order valence-electron chi connectivity index (χ2n) is 4.57. The first-order valence-electron chi connectivity index (χ1n) is 6.11. The average Bonchev–Trinajstić information content (AvgIpc) is 2.84. The smallest absolute Gasteiger partial charge is 0.241 e. The third-order valence-electron chi connectivity index (χ3n) is 3.27. The SMILES string of the molecule is CCC(C)[C@H](N)C(=O)Nc1ccc2[nH]ncc2c1. The minimum absolute atomic E-state index is 0.146. The Morgan fingerprint density at radius 3 is 3.06 bits per heavy atom.